The zero-order valence-electron chi connectivity index (χ0n) is 14.7. The molecule has 23 heavy (non-hydrogen) atoms. The van der Waals surface area contributed by atoms with Crippen molar-refractivity contribution in [3.8, 4) is 17.2 Å². The van der Waals surface area contributed by atoms with Crippen LogP contribution in [0.3, 0.4) is 0 Å². The second-order valence-electron chi connectivity index (χ2n) is 6.15. The summed E-state index contributed by atoms with van der Waals surface area (Å²) in [5.74, 6) is 2.17. The average Bonchev–Trinajstić information content (AvgIpc) is 2.57. The minimum Gasteiger partial charge on any atom is -0.493 e. The third kappa shape index (κ3) is 4.30. The molecular weight excluding hydrogens is 294 g/mol. The summed E-state index contributed by atoms with van der Waals surface area (Å²) in [6.45, 7) is 5.21. The summed E-state index contributed by atoms with van der Waals surface area (Å²) in [6, 6.07) is 3.96. The Kier molecular flexibility index (Phi) is 6.54. The Morgan fingerprint density at radius 1 is 1.13 bits per heavy atom. The fourth-order valence-electron chi connectivity index (χ4n) is 3.37. The number of aliphatic hydroxyl groups is 1. The van der Waals surface area contributed by atoms with Gasteiger partial charge in [-0.1, -0.05) is 6.92 Å². The molecule has 1 fully saturated rings. The molecule has 1 aromatic carbocycles. The predicted octanol–water partition coefficient (Wildman–Crippen LogP) is 2.35. The molecule has 5 heteroatoms. The van der Waals surface area contributed by atoms with Gasteiger partial charge in [-0.15, -0.1) is 0 Å². The topological polar surface area (TPSA) is 51.2 Å². The molecule has 0 spiro atoms. The Balaban J connectivity index is 2.17. The van der Waals surface area contributed by atoms with E-state index in [1.54, 1.807) is 21.3 Å². The highest BCUT2D eigenvalue weighted by Crippen LogP contribution is 2.39. The monoisotopic (exact) mass is 323 g/mol. The molecule has 130 valence electrons. The molecule has 0 radical (unpaired) electrons. The van der Waals surface area contributed by atoms with Gasteiger partial charge in [0.2, 0.25) is 5.75 Å². The van der Waals surface area contributed by atoms with E-state index in [4.69, 9.17) is 14.2 Å². The molecule has 2 atom stereocenters. The molecule has 1 aliphatic rings. The minimum absolute atomic E-state index is 0.234. The number of benzene rings is 1. The number of piperidine rings is 1. The molecule has 2 rings (SSSR count). The van der Waals surface area contributed by atoms with Crippen LogP contribution in [0.4, 0.5) is 0 Å². The Morgan fingerprint density at radius 2 is 1.78 bits per heavy atom. The molecule has 1 saturated heterocycles. The number of likely N-dealkylation sites (tertiary alicyclic amines) is 1. The maximum absolute atomic E-state index is 10.4. The van der Waals surface area contributed by atoms with Crippen LogP contribution in [0.25, 0.3) is 0 Å². The van der Waals surface area contributed by atoms with E-state index in [0.29, 0.717) is 17.2 Å². The van der Waals surface area contributed by atoms with E-state index in [9.17, 15) is 5.11 Å². The fourth-order valence-corrected chi connectivity index (χ4v) is 3.37. The van der Waals surface area contributed by atoms with E-state index in [1.165, 1.54) is 0 Å². The molecule has 5 nitrogen and oxygen atoms in total. The van der Waals surface area contributed by atoms with Gasteiger partial charge in [-0.2, -0.15) is 0 Å². The van der Waals surface area contributed by atoms with Crippen molar-refractivity contribution in [3.63, 3.8) is 0 Å². The Bertz CT molecular complexity index is 481. The number of methoxy groups -OCH3 is 3. The molecule has 1 N–H and O–H groups in total. The second-order valence-corrected chi connectivity index (χ2v) is 6.15. The molecule has 0 aliphatic carbocycles. The molecule has 2 unspecified atom stereocenters. The van der Waals surface area contributed by atoms with Gasteiger partial charge in [0.25, 0.3) is 0 Å². The van der Waals surface area contributed by atoms with E-state index < -0.39 is 0 Å². The van der Waals surface area contributed by atoms with Crippen LogP contribution in [0.15, 0.2) is 12.1 Å². The highest BCUT2D eigenvalue weighted by Gasteiger charge is 2.28. The van der Waals surface area contributed by atoms with Crippen molar-refractivity contribution in [1.29, 1.82) is 0 Å². The van der Waals surface area contributed by atoms with Gasteiger partial charge in [0, 0.05) is 19.0 Å². The van der Waals surface area contributed by atoms with Crippen molar-refractivity contribution >= 4 is 0 Å². The Labute approximate surface area is 139 Å². The second kappa shape index (κ2) is 8.41. The number of aliphatic hydroxyl groups excluding tert-OH is 1. The van der Waals surface area contributed by atoms with E-state index in [2.05, 4.69) is 11.8 Å². The van der Waals surface area contributed by atoms with Gasteiger partial charge >= 0.3 is 0 Å². The lowest BCUT2D eigenvalue weighted by atomic mass is 9.88. The zero-order valence-corrected chi connectivity index (χ0v) is 14.7. The Hall–Kier alpha value is -1.46. The molecule has 0 bridgehead atoms. The van der Waals surface area contributed by atoms with Gasteiger partial charge in [0.15, 0.2) is 11.5 Å². The Morgan fingerprint density at radius 3 is 2.30 bits per heavy atom. The van der Waals surface area contributed by atoms with Crippen LogP contribution in [-0.4, -0.2) is 57.1 Å². The van der Waals surface area contributed by atoms with E-state index >= 15 is 0 Å². The summed E-state index contributed by atoms with van der Waals surface area (Å²) >= 11 is 0. The van der Waals surface area contributed by atoms with Crippen LogP contribution in [0.5, 0.6) is 17.2 Å². The smallest absolute Gasteiger partial charge is 0.203 e. The van der Waals surface area contributed by atoms with Crippen molar-refractivity contribution in [1.82, 2.24) is 4.90 Å². The van der Waals surface area contributed by atoms with E-state index in [1.807, 2.05) is 12.1 Å². The van der Waals surface area contributed by atoms with Crippen LogP contribution in [0.2, 0.25) is 0 Å². The molecule has 1 aliphatic heterocycles. The van der Waals surface area contributed by atoms with Crippen molar-refractivity contribution in [2.24, 2.45) is 5.92 Å². The van der Waals surface area contributed by atoms with Gasteiger partial charge in [0.1, 0.15) is 0 Å². The standard InChI is InChI=1S/C18H29NO4/c1-5-7-19-8-6-15(20)14(12-19)9-13-10-16(21-2)18(23-4)17(11-13)22-3/h10-11,14-15,20H,5-9,12H2,1-4H3. The SMILES string of the molecule is CCCN1CCC(O)C(Cc2cc(OC)c(OC)c(OC)c2)C1. The fraction of sp³-hybridized carbons (Fsp3) is 0.667. The molecule has 0 aromatic heterocycles. The summed E-state index contributed by atoms with van der Waals surface area (Å²) in [4.78, 5) is 2.44. The lowest BCUT2D eigenvalue weighted by Gasteiger charge is -2.36. The van der Waals surface area contributed by atoms with Gasteiger partial charge in [0.05, 0.1) is 27.4 Å². The van der Waals surface area contributed by atoms with Gasteiger partial charge in [-0.3, -0.25) is 0 Å². The van der Waals surface area contributed by atoms with Gasteiger partial charge in [-0.05, 0) is 43.5 Å². The molecule has 1 aromatic rings. The number of rotatable bonds is 7. The van der Waals surface area contributed by atoms with Crippen LogP contribution in [0.1, 0.15) is 25.3 Å². The third-order valence-electron chi connectivity index (χ3n) is 4.54. The molecule has 1 heterocycles. The highest BCUT2D eigenvalue weighted by atomic mass is 16.5. The maximum Gasteiger partial charge on any atom is 0.203 e. The third-order valence-corrected chi connectivity index (χ3v) is 4.54. The van der Waals surface area contributed by atoms with Crippen LogP contribution in [-0.2, 0) is 6.42 Å². The normalized spacial score (nSPS) is 22.0. The number of nitrogens with zero attached hydrogens (tertiary/aromatic N) is 1. The first-order valence-corrected chi connectivity index (χ1v) is 8.32. The van der Waals surface area contributed by atoms with Gasteiger partial charge < -0.3 is 24.2 Å². The minimum atomic E-state index is -0.248. The number of hydrogen-bond acceptors (Lipinski definition) is 5. The van der Waals surface area contributed by atoms with E-state index in [0.717, 1.165) is 44.5 Å². The maximum atomic E-state index is 10.4. The van der Waals surface area contributed by atoms with Crippen LogP contribution in [0, 0.1) is 5.92 Å². The lowest BCUT2D eigenvalue weighted by molar-refractivity contribution is 0.0270. The van der Waals surface area contributed by atoms with Crippen LogP contribution < -0.4 is 14.2 Å². The average molecular weight is 323 g/mol. The molecule has 0 amide bonds. The zero-order chi connectivity index (χ0) is 16.8. The molecule has 0 saturated carbocycles. The van der Waals surface area contributed by atoms with Crippen molar-refractivity contribution in [3.05, 3.63) is 17.7 Å². The first-order chi connectivity index (χ1) is 11.1. The summed E-state index contributed by atoms with van der Waals surface area (Å²) in [5, 5.41) is 10.4. The number of hydrogen-bond donors (Lipinski definition) is 1. The summed E-state index contributed by atoms with van der Waals surface area (Å²) in [7, 11) is 4.85. The number of ether oxygens (including phenoxy) is 3. The van der Waals surface area contributed by atoms with Crippen molar-refractivity contribution in [2.45, 2.75) is 32.3 Å². The first-order valence-electron chi connectivity index (χ1n) is 8.32. The predicted molar refractivity (Wildman–Crippen MR) is 90.6 cm³/mol. The summed E-state index contributed by atoms with van der Waals surface area (Å²) < 4.78 is 16.2. The van der Waals surface area contributed by atoms with Gasteiger partial charge in [-0.25, -0.2) is 0 Å². The first kappa shape index (κ1) is 17.9. The van der Waals surface area contributed by atoms with E-state index in [-0.39, 0.29) is 12.0 Å². The van der Waals surface area contributed by atoms with Crippen LogP contribution >= 0.6 is 0 Å². The largest absolute Gasteiger partial charge is 0.493 e. The van der Waals surface area contributed by atoms with Crippen molar-refractivity contribution < 1.29 is 19.3 Å². The van der Waals surface area contributed by atoms with Crippen molar-refractivity contribution in [2.75, 3.05) is 41.0 Å². The molecular formula is C18H29NO4. The lowest BCUT2D eigenvalue weighted by Crippen LogP contribution is -2.44. The summed E-state index contributed by atoms with van der Waals surface area (Å²) in [6.07, 6.45) is 2.54. The quantitative estimate of drug-likeness (QED) is 0.835. The highest BCUT2D eigenvalue weighted by molar-refractivity contribution is 5.53. The summed E-state index contributed by atoms with van der Waals surface area (Å²) in [5.41, 5.74) is 1.10.